The number of carbonyl (C=O) groups excluding carboxylic acids is 2. The maximum atomic E-state index is 13.9. The van der Waals surface area contributed by atoms with Gasteiger partial charge in [0.05, 0.1) is 21.9 Å². The largest absolute Gasteiger partial charge is 0.351 e. The summed E-state index contributed by atoms with van der Waals surface area (Å²) >= 11 is 1.57. The van der Waals surface area contributed by atoms with Crippen molar-refractivity contribution < 1.29 is 22.6 Å². The van der Waals surface area contributed by atoms with Gasteiger partial charge in [0.2, 0.25) is 5.91 Å². The van der Waals surface area contributed by atoms with E-state index in [-0.39, 0.29) is 17.9 Å². The lowest BCUT2D eigenvalue weighted by Gasteiger charge is -2.18. The van der Waals surface area contributed by atoms with Gasteiger partial charge in [-0.3, -0.25) is 14.1 Å². The van der Waals surface area contributed by atoms with Crippen molar-refractivity contribution in [1.82, 2.24) is 10.3 Å². The smallest absolute Gasteiger partial charge is 0.266 e. The molecule has 10 heteroatoms. The van der Waals surface area contributed by atoms with Crippen molar-refractivity contribution in [3.05, 3.63) is 125 Å². The van der Waals surface area contributed by atoms with E-state index >= 15 is 0 Å². The number of nitrogens with one attached hydrogen (secondary N) is 2. The molecule has 0 aliphatic heterocycles. The van der Waals surface area contributed by atoms with Crippen LogP contribution >= 0.6 is 11.3 Å². The van der Waals surface area contributed by atoms with Gasteiger partial charge < -0.3 is 10.6 Å². The van der Waals surface area contributed by atoms with E-state index in [1.807, 2.05) is 72.8 Å². The Bertz CT molecular complexity index is 2000. The highest BCUT2D eigenvalue weighted by Gasteiger charge is 2.22. The van der Waals surface area contributed by atoms with Gasteiger partial charge >= 0.3 is 0 Å². The van der Waals surface area contributed by atoms with Gasteiger partial charge in [-0.1, -0.05) is 99.7 Å². The Morgan fingerprint density at radius 3 is 2.30 bits per heavy atom. The summed E-state index contributed by atoms with van der Waals surface area (Å²) in [5, 5.41) is 6.52. The van der Waals surface area contributed by atoms with Crippen molar-refractivity contribution in [2.45, 2.75) is 33.1 Å². The first-order valence-electron chi connectivity index (χ1n) is 15.2. The molecular formula is C37H37N3O5S2. The number of rotatable bonds is 11. The maximum Gasteiger partial charge on any atom is 0.266 e. The minimum atomic E-state index is -4.17. The molecule has 1 unspecified atom stereocenters. The average molecular weight is 668 g/mol. The summed E-state index contributed by atoms with van der Waals surface area (Å²) in [7, 11) is -4.17. The molecule has 242 valence electrons. The van der Waals surface area contributed by atoms with Crippen LogP contribution in [0.4, 0.5) is 5.69 Å². The van der Waals surface area contributed by atoms with Gasteiger partial charge in [-0.05, 0) is 58.9 Å². The number of thiazole rings is 1. The quantitative estimate of drug-likeness (QED) is 0.125. The normalized spacial score (nSPS) is 12.7. The van der Waals surface area contributed by atoms with Crippen LogP contribution in [0.2, 0.25) is 0 Å². The number of hydrogen-bond acceptors (Lipinski definition) is 6. The Labute approximate surface area is 279 Å². The number of anilines is 1. The van der Waals surface area contributed by atoms with Crippen LogP contribution in [0.25, 0.3) is 26.9 Å². The third-order valence-electron chi connectivity index (χ3n) is 7.41. The van der Waals surface area contributed by atoms with Crippen LogP contribution in [-0.2, 0) is 21.3 Å². The van der Waals surface area contributed by atoms with Gasteiger partial charge in [0.25, 0.3) is 16.0 Å². The third kappa shape index (κ3) is 9.68. The highest BCUT2D eigenvalue weighted by molar-refractivity contribution is 7.85. The maximum absolute atomic E-state index is 13.9. The predicted molar refractivity (Wildman–Crippen MR) is 190 cm³/mol. The molecule has 47 heavy (non-hydrogen) atoms. The molecule has 5 aromatic rings. The Morgan fingerprint density at radius 2 is 1.64 bits per heavy atom. The van der Waals surface area contributed by atoms with Crippen LogP contribution in [0.3, 0.4) is 0 Å². The fourth-order valence-electron chi connectivity index (χ4n) is 4.91. The molecule has 3 N–H and O–H groups in total. The number of amides is 2. The van der Waals surface area contributed by atoms with Crippen molar-refractivity contribution in [2.75, 3.05) is 17.6 Å². The second-order valence-electron chi connectivity index (χ2n) is 12.4. The summed E-state index contributed by atoms with van der Waals surface area (Å²) in [4.78, 5) is 31.1. The van der Waals surface area contributed by atoms with Gasteiger partial charge in [0.1, 0.15) is 5.01 Å². The summed E-state index contributed by atoms with van der Waals surface area (Å²) in [5.41, 5.74) is 5.71. The monoisotopic (exact) mass is 667 g/mol. The van der Waals surface area contributed by atoms with E-state index in [0.717, 1.165) is 37.5 Å². The minimum Gasteiger partial charge on any atom is -0.351 e. The van der Waals surface area contributed by atoms with Crippen molar-refractivity contribution in [3.8, 4) is 10.6 Å². The van der Waals surface area contributed by atoms with Crippen molar-refractivity contribution in [2.24, 2.45) is 5.41 Å². The first-order chi connectivity index (χ1) is 22.3. The highest BCUT2D eigenvalue weighted by atomic mass is 32.2. The molecule has 0 radical (unpaired) electrons. The van der Waals surface area contributed by atoms with Crippen LogP contribution in [0.5, 0.6) is 0 Å². The standard InChI is InChI=1S/C37H37N3O5S2/c1-37(2,3)20-19-25-9-13-27(14-10-25)31(23-26-11-15-28(16-12-26)34(41)38-21-22-47(43,44)45)35(42)39-30-17-18-32-33(24-30)46-36(40-32)29-7-5-4-6-8-29/h4-20,24,31H,21-23H2,1-3H3,(H,38,41)(H,39,42)(H,43,44,45)/b20-19+. The topological polar surface area (TPSA) is 125 Å². The zero-order valence-corrected chi connectivity index (χ0v) is 28.1. The molecule has 0 aliphatic rings. The molecule has 0 saturated carbocycles. The third-order valence-corrected chi connectivity index (χ3v) is 9.20. The number of nitrogens with zero attached hydrogens (tertiary/aromatic N) is 1. The lowest BCUT2D eigenvalue weighted by atomic mass is 9.89. The molecule has 0 saturated heterocycles. The Hall–Kier alpha value is -4.64. The number of benzene rings is 4. The number of allylic oxidation sites excluding steroid dienone is 1. The summed E-state index contributed by atoms with van der Waals surface area (Å²) in [6.07, 6.45) is 4.60. The van der Waals surface area contributed by atoms with E-state index in [0.29, 0.717) is 17.7 Å². The van der Waals surface area contributed by atoms with Gasteiger partial charge in [0, 0.05) is 23.4 Å². The van der Waals surface area contributed by atoms with Crippen LogP contribution in [-0.4, -0.2) is 42.1 Å². The molecule has 1 aromatic heterocycles. The molecule has 0 aliphatic carbocycles. The molecule has 0 bridgehead atoms. The summed E-state index contributed by atoms with van der Waals surface area (Å²) in [5.74, 6) is -1.71. The van der Waals surface area contributed by atoms with Crippen molar-refractivity contribution in [3.63, 3.8) is 0 Å². The van der Waals surface area contributed by atoms with Crippen LogP contribution in [0.15, 0.2) is 103 Å². The molecular weight excluding hydrogens is 631 g/mol. The zero-order valence-electron chi connectivity index (χ0n) is 26.4. The van der Waals surface area contributed by atoms with Crippen LogP contribution < -0.4 is 10.6 Å². The van der Waals surface area contributed by atoms with Gasteiger partial charge in [-0.15, -0.1) is 11.3 Å². The summed E-state index contributed by atoms with van der Waals surface area (Å²) in [6, 6.07) is 30.5. The first-order valence-corrected chi connectivity index (χ1v) is 17.6. The molecule has 1 atom stereocenters. The highest BCUT2D eigenvalue weighted by Crippen LogP contribution is 2.32. The first kappa shape index (κ1) is 33.7. The SMILES string of the molecule is CC(C)(C)/C=C/c1ccc(C(Cc2ccc(C(=O)NCCS(=O)(=O)O)cc2)C(=O)Nc2ccc3nc(-c4ccccc4)sc3c2)cc1. The van der Waals surface area contributed by atoms with Crippen LogP contribution in [0.1, 0.15) is 53.7 Å². The summed E-state index contributed by atoms with van der Waals surface area (Å²) < 4.78 is 31.8. The Balaban J connectivity index is 1.36. The number of carbonyl (C=O) groups is 2. The molecule has 5 rings (SSSR count). The predicted octanol–water partition coefficient (Wildman–Crippen LogP) is 7.61. The van der Waals surface area contributed by atoms with E-state index < -0.39 is 27.7 Å². The fraction of sp³-hybridized carbons (Fsp3) is 0.216. The molecule has 0 fully saturated rings. The lowest BCUT2D eigenvalue weighted by Crippen LogP contribution is -2.28. The number of aromatic nitrogens is 1. The van der Waals surface area contributed by atoms with E-state index in [1.165, 1.54) is 0 Å². The Morgan fingerprint density at radius 1 is 0.936 bits per heavy atom. The zero-order chi connectivity index (χ0) is 33.6. The second kappa shape index (κ2) is 14.4. The van der Waals surface area contributed by atoms with Gasteiger partial charge in [-0.25, -0.2) is 4.98 Å². The van der Waals surface area contributed by atoms with Gasteiger partial charge in [0.15, 0.2) is 0 Å². The van der Waals surface area contributed by atoms with E-state index in [2.05, 4.69) is 43.6 Å². The Kier molecular flexibility index (Phi) is 10.3. The number of hydrogen-bond donors (Lipinski definition) is 3. The second-order valence-corrected chi connectivity index (χ2v) is 15.0. The molecule has 1 heterocycles. The van der Waals surface area contributed by atoms with Gasteiger partial charge in [-0.2, -0.15) is 8.42 Å². The van der Waals surface area contributed by atoms with Crippen molar-refractivity contribution >= 4 is 55.2 Å². The number of fused-ring (bicyclic) bond motifs is 1. The summed E-state index contributed by atoms with van der Waals surface area (Å²) in [6.45, 7) is 6.21. The molecule has 2 amide bonds. The molecule has 0 spiro atoms. The molecule has 4 aromatic carbocycles. The van der Waals surface area contributed by atoms with E-state index in [4.69, 9.17) is 9.54 Å². The fourth-order valence-corrected chi connectivity index (χ4v) is 6.28. The van der Waals surface area contributed by atoms with Crippen LogP contribution in [0, 0.1) is 5.41 Å². The lowest BCUT2D eigenvalue weighted by molar-refractivity contribution is -0.117. The van der Waals surface area contributed by atoms with Crippen molar-refractivity contribution in [1.29, 1.82) is 0 Å². The average Bonchev–Trinajstić information content (AvgIpc) is 3.46. The van der Waals surface area contributed by atoms with E-state index in [9.17, 15) is 18.0 Å². The molecule has 8 nitrogen and oxygen atoms in total. The minimum absolute atomic E-state index is 0.0434. The van der Waals surface area contributed by atoms with E-state index in [1.54, 1.807) is 35.6 Å².